The van der Waals surface area contributed by atoms with Crippen LogP contribution in [-0.2, 0) is 4.43 Å². The van der Waals surface area contributed by atoms with Gasteiger partial charge in [-0.15, -0.1) is 11.1 Å². The van der Waals surface area contributed by atoms with Gasteiger partial charge >= 0.3 is 0 Å². The maximum Gasteiger partial charge on any atom is 0.284 e. The minimum absolute atomic E-state index is 0.0559. The highest BCUT2D eigenvalue weighted by Gasteiger charge is 2.26. The van der Waals surface area contributed by atoms with Crippen molar-refractivity contribution in [2.24, 2.45) is 0 Å². The Labute approximate surface area is 81.4 Å². The number of hydrogen-bond acceptors (Lipinski definition) is 1. The molecule has 0 atom stereocenters. The number of rotatable bonds is 2. The molecule has 0 spiro atoms. The van der Waals surface area contributed by atoms with E-state index in [2.05, 4.69) is 0 Å². The van der Waals surface area contributed by atoms with Gasteiger partial charge in [-0.2, -0.15) is 0 Å². The van der Waals surface area contributed by atoms with Crippen molar-refractivity contribution in [3.63, 3.8) is 0 Å². The quantitative estimate of drug-likeness (QED) is 0.410. The van der Waals surface area contributed by atoms with Gasteiger partial charge in [-0.1, -0.05) is 34.8 Å². The highest BCUT2D eigenvalue weighted by atomic mass is 35.6. The normalized spacial score (nSPS) is 13.8. The van der Waals surface area contributed by atoms with Crippen LogP contribution >= 0.6 is 45.9 Å². The van der Waals surface area contributed by atoms with Crippen LogP contribution in [0, 0.1) is 0 Å². The van der Waals surface area contributed by atoms with E-state index in [1.54, 1.807) is 0 Å². The summed E-state index contributed by atoms with van der Waals surface area (Å²) in [5, 5.41) is 0. The summed E-state index contributed by atoms with van der Waals surface area (Å²) in [5.74, 6) is 0. The molecule has 0 radical (unpaired) electrons. The second-order valence-electron chi connectivity index (χ2n) is 2.27. The summed E-state index contributed by atoms with van der Waals surface area (Å²) in [6.45, 7) is 3.68. The second-order valence-corrected chi connectivity index (χ2v) is 10.5. The van der Waals surface area contributed by atoms with Gasteiger partial charge in [0.2, 0.25) is 3.79 Å². The molecule has 1 nitrogen and oxygen atoms in total. The van der Waals surface area contributed by atoms with Crippen LogP contribution in [0.4, 0.5) is 0 Å². The minimum atomic E-state index is -2.05. The zero-order valence-corrected chi connectivity index (χ0v) is 9.65. The third-order valence-corrected chi connectivity index (χ3v) is 2.06. The molecule has 0 aliphatic carbocycles. The summed E-state index contributed by atoms with van der Waals surface area (Å²) in [6, 6.07) is 0. The van der Waals surface area contributed by atoms with Crippen molar-refractivity contribution in [3.8, 4) is 0 Å². The fourth-order valence-electron chi connectivity index (χ4n) is 0.253. The van der Waals surface area contributed by atoms with Crippen molar-refractivity contribution in [3.05, 3.63) is 0 Å². The lowest BCUT2D eigenvalue weighted by atomic mass is 10.9. The Morgan fingerprint density at radius 2 is 1.70 bits per heavy atom. The Morgan fingerprint density at radius 3 is 1.80 bits per heavy atom. The molecule has 0 N–H and O–H groups in total. The summed E-state index contributed by atoms with van der Waals surface area (Å²) in [6.07, 6.45) is 0. The van der Waals surface area contributed by atoms with Crippen molar-refractivity contribution in [1.82, 2.24) is 0 Å². The van der Waals surface area contributed by atoms with E-state index in [4.69, 9.17) is 50.3 Å². The molecule has 0 fully saturated rings. The molecule has 0 rings (SSSR count). The van der Waals surface area contributed by atoms with Crippen LogP contribution < -0.4 is 0 Å². The van der Waals surface area contributed by atoms with Gasteiger partial charge in [-0.05, 0) is 13.1 Å². The topological polar surface area (TPSA) is 9.23 Å². The molecular weight excluding hydrogens is 234 g/mol. The molecule has 0 aromatic heterocycles. The first-order valence-corrected chi connectivity index (χ1v) is 7.66. The molecule has 0 heterocycles. The average Bonchev–Trinajstić information content (AvgIpc) is 1.57. The van der Waals surface area contributed by atoms with E-state index in [0.717, 1.165) is 0 Å². The molecule has 6 heteroatoms. The maximum absolute atomic E-state index is 5.78. The lowest BCUT2D eigenvalue weighted by molar-refractivity contribution is 0.329. The van der Waals surface area contributed by atoms with E-state index < -0.39 is 11.4 Å². The van der Waals surface area contributed by atoms with Gasteiger partial charge in [-0.3, -0.25) is 0 Å². The van der Waals surface area contributed by atoms with Crippen LogP contribution in [-0.4, -0.2) is 18.0 Å². The van der Waals surface area contributed by atoms with Gasteiger partial charge in [0.05, 0.1) is 6.61 Å². The SMILES string of the molecule is C[Si](C)(Cl)OCC(Cl)(Cl)Cl. The highest BCUT2D eigenvalue weighted by Crippen LogP contribution is 2.27. The van der Waals surface area contributed by atoms with E-state index in [-0.39, 0.29) is 6.61 Å². The summed E-state index contributed by atoms with van der Waals surface area (Å²) < 4.78 is 3.75. The van der Waals surface area contributed by atoms with Gasteiger partial charge < -0.3 is 4.43 Å². The Hall–Kier alpha value is 1.34. The molecule has 0 aromatic rings. The largest absolute Gasteiger partial charge is 0.399 e. The molecule has 0 aliphatic rings. The van der Waals surface area contributed by atoms with Crippen molar-refractivity contribution in [2.45, 2.75) is 16.9 Å². The first-order valence-electron chi connectivity index (χ1n) is 2.60. The molecule has 62 valence electrons. The molecule has 0 unspecified atom stereocenters. The second kappa shape index (κ2) is 3.83. The molecule has 10 heavy (non-hydrogen) atoms. The molecule has 0 amide bonds. The van der Waals surface area contributed by atoms with Gasteiger partial charge in [0.1, 0.15) is 0 Å². The first-order chi connectivity index (χ1) is 4.21. The lowest BCUT2D eigenvalue weighted by Gasteiger charge is -2.18. The highest BCUT2D eigenvalue weighted by molar-refractivity contribution is 7.15. The van der Waals surface area contributed by atoms with E-state index in [1.165, 1.54) is 0 Å². The van der Waals surface area contributed by atoms with Gasteiger partial charge in [-0.25, -0.2) is 0 Å². The van der Waals surface area contributed by atoms with Gasteiger partial charge in [0, 0.05) is 0 Å². The van der Waals surface area contributed by atoms with Gasteiger partial charge in [0.15, 0.2) is 0 Å². The van der Waals surface area contributed by atoms with Crippen LogP contribution in [0.25, 0.3) is 0 Å². The van der Waals surface area contributed by atoms with Crippen LogP contribution in [0.3, 0.4) is 0 Å². The van der Waals surface area contributed by atoms with Crippen LogP contribution in [0.15, 0.2) is 0 Å². The van der Waals surface area contributed by atoms with E-state index in [9.17, 15) is 0 Å². The predicted molar refractivity (Wildman–Crippen MR) is 49.6 cm³/mol. The zero-order valence-electron chi connectivity index (χ0n) is 5.63. The van der Waals surface area contributed by atoms with E-state index >= 15 is 0 Å². The molecular formula is C4H8Cl4OSi. The number of halogens is 4. The first kappa shape index (κ1) is 11.3. The standard InChI is InChI=1S/C4H8Cl4OSi/c1-10(2,8)9-3-4(5,6)7/h3H2,1-2H3. The number of hydrogen-bond donors (Lipinski definition) is 0. The predicted octanol–water partition coefficient (Wildman–Crippen LogP) is 3.31. The third kappa shape index (κ3) is 9.34. The Kier molecular flexibility index (Phi) is 4.34. The van der Waals surface area contributed by atoms with Crippen molar-refractivity contribution in [1.29, 1.82) is 0 Å². The van der Waals surface area contributed by atoms with Crippen LogP contribution in [0.1, 0.15) is 0 Å². The third-order valence-electron chi connectivity index (χ3n) is 0.579. The summed E-state index contributed by atoms with van der Waals surface area (Å²) in [7, 11) is -2.05. The maximum atomic E-state index is 5.78. The van der Waals surface area contributed by atoms with E-state index in [0.29, 0.717) is 0 Å². The molecule has 0 aliphatic heterocycles. The Bertz CT molecular complexity index is 90.8. The van der Waals surface area contributed by atoms with Crippen molar-refractivity contribution < 1.29 is 4.43 Å². The summed E-state index contributed by atoms with van der Waals surface area (Å²) in [5.41, 5.74) is 0. The van der Waals surface area contributed by atoms with Crippen molar-refractivity contribution >= 4 is 53.5 Å². The Morgan fingerprint density at radius 1 is 1.30 bits per heavy atom. The summed E-state index contributed by atoms with van der Waals surface area (Å²) in [4.78, 5) is 0. The lowest BCUT2D eigenvalue weighted by Crippen LogP contribution is -2.28. The molecule has 0 saturated heterocycles. The minimum Gasteiger partial charge on any atom is -0.399 e. The van der Waals surface area contributed by atoms with Crippen molar-refractivity contribution in [2.75, 3.05) is 6.61 Å². The van der Waals surface area contributed by atoms with Gasteiger partial charge in [0.25, 0.3) is 7.63 Å². The fraction of sp³-hybridized carbons (Fsp3) is 1.00. The Balaban J connectivity index is 3.56. The number of alkyl halides is 3. The molecule has 0 saturated carbocycles. The average molecular weight is 242 g/mol. The monoisotopic (exact) mass is 240 g/mol. The van der Waals surface area contributed by atoms with E-state index in [1.807, 2.05) is 13.1 Å². The molecule has 0 bridgehead atoms. The van der Waals surface area contributed by atoms with Crippen LogP contribution in [0.2, 0.25) is 13.1 Å². The molecule has 0 aromatic carbocycles. The van der Waals surface area contributed by atoms with Crippen LogP contribution in [0.5, 0.6) is 0 Å². The summed E-state index contributed by atoms with van der Waals surface area (Å²) >= 11 is 22.0. The zero-order chi connectivity index (χ0) is 8.41. The fourth-order valence-corrected chi connectivity index (χ4v) is 1.41. The smallest absolute Gasteiger partial charge is 0.284 e.